The first kappa shape index (κ1) is 11.5. The first-order valence-electron chi connectivity index (χ1n) is 4.73. The third kappa shape index (κ3) is 2.56. The molecular weight excluding hydrogens is 240 g/mol. The minimum atomic E-state index is -0.0434. The zero-order valence-corrected chi connectivity index (χ0v) is 9.81. The van der Waals surface area contributed by atoms with Crippen molar-refractivity contribution in [2.75, 3.05) is 0 Å². The van der Waals surface area contributed by atoms with Crippen LogP contribution in [0.5, 0.6) is 0 Å². The van der Waals surface area contributed by atoms with Crippen molar-refractivity contribution in [2.24, 2.45) is 10.9 Å². The van der Waals surface area contributed by atoms with E-state index in [1.54, 1.807) is 18.5 Å². The van der Waals surface area contributed by atoms with E-state index in [-0.39, 0.29) is 5.84 Å². The molecule has 6 nitrogen and oxygen atoms in total. The average Bonchev–Trinajstić information content (AvgIpc) is 2.74. The van der Waals surface area contributed by atoms with Crippen molar-refractivity contribution in [3.05, 3.63) is 36.0 Å². The van der Waals surface area contributed by atoms with Gasteiger partial charge in [0, 0.05) is 6.20 Å². The third-order valence-corrected chi connectivity index (χ3v) is 3.04. The maximum Gasteiger partial charge on any atom is 0.193 e. The molecule has 0 amide bonds. The molecule has 0 bridgehead atoms. The second-order valence-corrected chi connectivity index (χ2v) is 4.16. The van der Waals surface area contributed by atoms with Crippen LogP contribution < -0.4 is 5.73 Å². The Morgan fingerprint density at radius 3 is 3.00 bits per heavy atom. The van der Waals surface area contributed by atoms with Crippen LogP contribution >= 0.6 is 11.8 Å². The fraction of sp³-hybridized carbons (Fsp3) is 0.100. The van der Waals surface area contributed by atoms with Gasteiger partial charge in [-0.2, -0.15) is 0 Å². The predicted octanol–water partition coefficient (Wildman–Crippen LogP) is 1.62. The molecule has 3 N–H and O–H groups in total. The maximum atomic E-state index is 8.56. The lowest BCUT2D eigenvalue weighted by Crippen LogP contribution is -2.15. The molecule has 0 radical (unpaired) electrons. The molecule has 0 atom stereocenters. The number of aryl methyl sites for hydroxylation is 1. The van der Waals surface area contributed by atoms with Crippen LogP contribution in [0.25, 0.3) is 0 Å². The van der Waals surface area contributed by atoms with Gasteiger partial charge in [-0.15, -0.1) is 0 Å². The molecule has 0 aliphatic rings. The van der Waals surface area contributed by atoms with Crippen molar-refractivity contribution in [3.8, 4) is 0 Å². The maximum absolute atomic E-state index is 8.56. The molecule has 17 heavy (non-hydrogen) atoms. The van der Waals surface area contributed by atoms with E-state index in [1.807, 2.05) is 13.0 Å². The van der Waals surface area contributed by atoms with Crippen LogP contribution in [0.2, 0.25) is 0 Å². The Labute approximate surface area is 102 Å². The monoisotopic (exact) mass is 250 g/mol. The molecule has 0 saturated carbocycles. The Bertz CT molecular complexity index is 553. The summed E-state index contributed by atoms with van der Waals surface area (Å²) in [4.78, 5) is 9.18. The molecule has 0 unspecified atom stereocenters. The number of oxime groups is 1. The molecule has 2 aromatic heterocycles. The van der Waals surface area contributed by atoms with E-state index in [0.717, 1.165) is 10.7 Å². The summed E-state index contributed by atoms with van der Waals surface area (Å²) in [7, 11) is 0. The van der Waals surface area contributed by atoms with E-state index in [0.29, 0.717) is 10.9 Å². The smallest absolute Gasteiger partial charge is 0.193 e. The number of nitrogens with zero attached hydrogens (tertiary/aromatic N) is 3. The Kier molecular flexibility index (Phi) is 3.29. The molecule has 7 heteroatoms. The zero-order chi connectivity index (χ0) is 12.3. The predicted molar refractivity (Wildman–Crippen MR) is 62.1 cm³/mol. The van der Waals surface area contributed by atoms with E-state index in [1.165, 1.54) is 11.8 Å². The van der Waals surface area contributed by atoms with E-state index < -0.39 is 0 Å². The highest BCUT2D eigenvalue weighted by Crippen LogP contribution is 2.28. The van der Waals surface area contributed by atoms with Gasteiger partial charge in [-0.1, -0.05) is 5.16 Å². The van der Waals surface area contributed by atoms with Crippen LogP contribution in [0.4, 0.5) is 0 Å². The lowest BCUT2D eigenvalue weighted by molar-refractivity contribution is 0.318. The first-order chi connectivity index (χ1) is 8.20. The Hall–Kier alpha value is -2.02. The van der Waals surface area contributed by atoms with Gasteiger partial charge in [-0.05, 0) is 30.8 Å². The molecular formula is C10H10N4O2S. The molecule has 0 saturated heterocycles. The topological polar surface area (TPSA) is 97.5 Å². The molecule has 88 valence electrons. The van der Waals surface area contributed by atoms with Crippen molar-refractivity contribution in [3.63, 3.8) is 0 Å². The first-order valence-corrected chi connectivity index (χ1v) is 5.55. The lowest BCUT2D eigenvalue weighted by atomic mass is 10.4. The molecule has 0 fully saturated rings. The fourth-order valence-electron chi connectivity index (χ4n) is 1.16. The van der Waals surface area contributed by atoms with Crippen LogP contribution in [0.15, 0.2) is 44.2 Å². The minimum absolute atomic E-state index is 0.0434. The van der Waals surface area contributed by atoms with Crippen molar-refractivity contribution < 1.29 is 9.62 Å². The fourth-order valence-corrected chi connectivity index (χ4v) is 1.93. The molecule has 0 aliphatic carbocycles. The number of hydrogen-bond donors (Lipinski definition) is 2. The molecule has 2 heterocycles. The Morgan fingerprint density at radius 2 is 2.35 bits per heavy atom. The second-order valence-electron chi connectivity index (χ2n) is 3.15. The average molecular weight is 250 g/mol. The van der Waals surface area contributed by atoms with Crippen LogP contribution in [0.3, 0.4) is 0 Å². The summed E-state index contributed by atoms with van der Waals surface area (Å²) in [6.07, 6.45) is 3.16. The summed E-state index contributed by atoms with van der Waals surface area (Å²) in [6, 6.07) is 3.40. The van der Waals surface area contributed by atoms with Crippen LogP contribution in [0, 0.1) is 6.92 Å². The van der Waals surface area contributed by atoms with Crippen molar-refractivity contribution >= 4 is 17.6 Å². The van der Waals surface area contributed by atoms with Gasteiger partial charge in [0.25, 0.3) is 0 Å². The second kappa shape index (κ2) is 4.88. The highest BCUT2D eigenvalue weighted by molar-refractivity contribution is 7.99. The minimum Gasteiger partial charge on any atom is -0.468 e. The van der Waals surface area contributed by atoms with E-state index in [4.69, 9.17) is 15.4 Å². The van der Waals surface area contributed by atoms with Crippen LogP contribution in [-0.4, -0.2) is 21.0 Å². The number of aromatic nitrogens is 2. The number of amidine groups is 1. The summed E-state index contributed by atoms with van der Waals surface area (Å²) < 4.78 is 5.17. The SMILES string of the molecule is Cc1occc1Sc1nccc(/C(N)=N/O)n1. The van der Waals surface area contributed by atoms with Crippen molar-refractivity contribution in [1.29, 1.82) is 0 Å². The summed E-state index contributed by atoms with van der Waals surface area (Å²) >= 11 is 1.35. The highest BCUT2D eigenvalue weighted by Gasteiger charge is 2.08. The van der Waals surface area contributed by atoms with Crippen LogP contribution in [0.1, 0.15) is 11.5 Å². The Morgan fingerprint density at radius 1 is 1.53 bits per heavy atom. The van der Waals surface area contributed by atoms with Gasteiger partial charge < -0.3 is 15.4 Å². The summed E-state index contributed by atoms with van der Waals surface area (Å²) in [5.41, 5.74) is 5.83. The number of nitrogens with two attached hydrogens (primary N) is 1. The van der Waals surface area contributed by atoms with E-state index in [2.05, 4.69) is 15.1 Å². The Balaban J connectivity index is 2.26. The standard InChI is InChI=1S/C10H10N4O2S/c1-6-8(3-5-16-6)17-10-12-4-2-7(13-10)9(11)14-15/h2-5,15H,1H3,(H2,11,14). The zero-order valence-electron chi connectivity index (χ0n) is 8.99. The van der Waals surface area contributed by atoms with E-state index >= 15 is 0 Å². The normalized spacial score (nSPS) is 11.7. The summed E-state index contributed by atoms with van der Waals surface area (Å²) in [6.45, 7) is 1.86. The lowest BCUT2D eigenvalue weighted by Gasteiger charge is -2.01. The summed E-state index contributed by atoms with van der Waals surface area (Å²) in [5, 5.41) is 12.0. The van der Waals surface area contributed by atoms with Gasteiger partial charge in [0.15, 0.2) is 11.0 Å². The van der Waals surface area contributed by atoms with Crippen LogP contribution in [-0.2, 0) is 0 Å². The van der Waals surface area contributed by atoms with Gasteiger partial charge in [-0.3, -0.25) is 0 Å². The number of rotatable bonds is 3. The quantitative estimate of drug-likeness (QED) is 0.282. The molecule has 2 rings (SSSR count). The van der Waals surface area contributed by atoms with Gasteiger partial charge in [0.2, 0.25) is 0 Å². The van der Waals surface area contributed by atoms with Gasteiger partial charge in [0.1, 0.15) is 11.5 Å². The van der Waals surface area contributed by atoms with Crippen molar-refractivity contribution in [2.45, 2.75) is 17.0 Å². The number of hydrogen-bond acceptors (Lipinski definition) is 6. The van der Waals surface area contributed by atoms with Gasteiger partial charge in [0.05, 0.1) is 11.2 Å². The molecule has 0 aliphatic heterocycles. The van der Waals surface area contributed by atoms with Gasteiger partial charge in [-0.25, -0.2) is 9.97 Å². The molecule has 0 spiro atoms. The largest absolute Gasteiger partial charge is 0.468 e. The molecule has 2 aromatic rings. The number of furan rings is 1. The third-order valence-electron chi connectivity index (χ3n) is 2.02. The van der Waals surface area contributed by atoms with Gasteiger partial charge >= 0.3 is 0 Å². The summed E-state index contributed by atoms with van der Waals surface area (Å²) in [5.74, 6) is 0.756. The molecule has 0 aromatic carbocycles. The van der Waals surface area contributed by atoms with Crippen molar-refractivity contribution in [1.82, 2.24) is 9.97 Å². The van der Waals surface area contributed by atoms with E-state index in [9.17, 15) is 0 Å². The highest BCUT2D eigenvalue weighted by atomic mass is 32.2.